The van der Waals surface area contributed by atoms with E-state index >= 15 is 0 Å². The molecule has 0 spiro atoms. The van der Waals surface area contributed by atoms with Crippen molar-refractivity contribution < 1.29 is 19.1 Å². The molecule has 0 N–H and O–H groups in total. The molecule has 0 unspecified atom stereocenters. The van der Waals surface area contributed by atoms with E-state index in [0.29, 0.717) is 19.5 Å². The second-order valence-corrected chi connectivity index (χ2v) is 6.38. The molecule has 1 heterocycles. The van der Waals surface area contributed by atoms with Crippen molar-refractivity contribution >= 4 is 29.5 Å². The molecule has 0 bridgehead atoms. The minimum atomic E-state index is -0.565. The van der Waals surface area contributed by atoms with E-state index in [0.717, 1.165) is 11.1 Å². The van der Waals surface area contributed by atoms with Crippen LogP contribution in [0.2, 0.25) is 0 Å². The Kier molecular flexibility index (Phi) is 6.38. The number of benzene rings is 2. The third-order valence-corrected chi connectivity index (χ3v) is 4.52. The van der Waals surface area contributed by atoms with Gasteiger partial charge in [0.2, 0.25) is 0 Å². The maximum absolute atomic E-state index is 12.4. The number of carbonyl (C=O) groups is 2. The average Bonchev–Trinajstić information content (AvgIpc) is 2.72. The van der Waals surface area contributed by atoms with Gasteiger partial charge >= 0.3 is 12.2 Å². The van der Waals surface area contributed by atoms with E-state index in [-0.39, 0.29) is 18.3 Å². The van der Waals surface area contributed by atoms with Crippen LogP contribution in [0.3, 0.4) is 0 Å². The van der Waals surface area contributed by atoms with E-state index in [1.807, 2.05) is 60.7 Å². The molecule has 0 atom stereocenters. The zero-order valence-electron chi connectivity index (χ0n) is 14.7. The maximum Gasteiger partial charge on any atom is 0.416 e. The van der Waals surface area contributed by atoms with Gasteiger partial charge in [0.15, 0.2) is 5.11 Å². The first kappa shape index (κ1) is 18.8. The van der Waals surface area contributed by atoms with Gasteiger partial charge in [-0.1, -0.05) is 60.7 Å². The fourth-order valence-corrected chi connectivity index (χ4v) is 2.99. The first-order valence-electron chi connectivity index (χ1n) is 8.65. The first-order chi connectivity index (χ1) is 13.1. The van der Waals surface area contributed by atoms with E-state index in [1.54, 1.807) is 0 Å². The lowest BCUT2D eigenvalue weighted by atomic mass is 10.2. The predicted octanol–water partition coefficient (Wildman–Crippen LogP) is 3.95. The number of hydrogen-bond acceptors (Lipinski definition) is 5. The summed E-state index contributed by atoms with van der Waals surface area (Å²) in [5, 5.41) is 0.109. The lowest BCUT2D eigenvalue weighted by Crippen LogP contribution is -2.53. The van der Waals surface area contributed by atoms with Crippen LogP contribution in [0.25, 0.3) is 0 Å². The number of hydrogen-bond donors (Lipinski definition) is 0. The van der Waals surface area contributed by atoms with Crippen LogP contribution in [0.1, 0.15) is 17.5 Å². The van der Waals surface area contributed by atoms with Gasteiger partial charge in [-0.05, 0) is 29.8 Å². The Bertz CT molecular complexity index is 733. The number of nitrogens with zero attached hydrogens (tertiary/aromatic N) is 2. The van der Waals surface area contributed by atoms with Crippen molar-refractivity contribution in [2.45, 2.75) is 19.6 Å². The fraction of sp³-hybridized carbons (Fsp3) is 0.250. The molecule has 2 aromatic rings. The summed E-state index contributed by atoms with van der Waals surface area (Å²) in [4.78, 5) is 27.3. The number of rotatable bonds is 4. The molecule has 1 fully saturated rings. The van der Waals surface area contributed by atoms with E-state index < -0.39 is 12.2 Å². The molecular weight excluding hydrogens is 364 g/mol. The van der Waals surface area contributed by atoms with Crippen LogP contribution in [-0.2, 0) is 22.7 Å². The van der Waals surface area contributed by atoms with Gasteiger partial charge in [-0.3, -0.25) is 9.80 Å². The Balaban J connectivity index is 1.54. The van der Waals surface area contributed by atoms with E-state index in [2.05, 4.69) is 0 Å². The van der Waals surface area contributed by atoms with Crippen molar-refractivity contribution in [3.63, 3.8) is 0 Å². The van der Waals surface area contributed by atoms with Crippen molar-refractivity contribution in [3.05, 3.63) is 71.8 Å². The van der Waals surface area contributed by atoms with Crippen LogP contribution in [0.15, 0.2) is 60.7 Å². The summed E-state index contributed by atoms with van der Waals surface area (Å²) in [5.41, 5.74) is 1.76. The Hall–Kier alpha value is -2.93. The second-order valence-electron chi connectivity index (χ2n) is 6.02. The van der Waals surface area contributed by atoms with Crippen molar-refractivity contribution in [2.75, 3.05) is 13.1 Å². The summed E-state index contributed by atoms with van der Waals surface area (Å²) in [6.07, 6.45) is -0.532. The van der Waals surface area contributed by atoms with Gasteiger partial charge in [0.05, 0.1) is 0 Å². The Morgan fingerprint density at radius 3 is 1.59 bits per heavy atom. The molecule has 6 nitrogen and oxygen atoms in total. The van der Waals surface area contributed by atoms with Crippen molar-refractivity contribution in [2.24, 2.45) is 0 Å². The number of thiocarbonyl (C=S) groups is 1. The molecule has 1 aliphatic heterocycles. The van der Waals surface area contributed by atoms with Gasteiger partial charge in [0.25, 0.3) is 0 Å². The van der Waals surface area contributed by atoms with Gasteiger partial charge in [0.1, 0.15) is 13.2 Å². The minimum absolute atomic E-state index is 0.109. The standard InChI is InChI=1S/C20H20N2O4S/c23-19(25-14-16-8-3-1-4-9-16)21-12-7-13-22(18(21)27)20(24)26-15-17-10-5-2-6-11-17/h1-6,8-11H,7,12-15H2. The second kappa shape index (κ2) is 9.14. The monoisotopic (exact) mass is 384 g/mol. The molecule has 0 saturated carbocycles. The molecule has 2 aromatic carbocycles. The van der Waals surface area contributed by atoms with Crippen LogP contribution >= 0.6 is 12.2 Å². The number of amides is 2. The molecular formula is C20H20N2O4S. The first-order valence-corrected chi connectivity index (χ1v) is 9.06. The zero-order valence-corrected chi connectivity index (χ0v) is 15.6. The van der Waals surface area contributed by atoms with Crippen LogP contribution < -0.4 is 0 Å². The molecule has 0 aromatic heterocycles. The molecule has 0 radical (unpaired) electrons. The lowest BCUT2D eigenvalue weighted by Gasteiger charge is -2.34. The number of ether oxygens (including phenoxy) is 2. The molecule has 1 saturated heterocycles. The highest BCUT2D eigenvalue weighted by Crippen LogP contribution is 2.14. The Morgan fingerprint density at radius 1 is 0.778 bits per heavy atom. The normalized spacial score (nSPS) is 14.0. The quantitative estimate of drug-likeness (QED) is 0.747. The van der Waals surface area contributed by atoms with Crippen LogP contribution in [0.4, 0.5) is 9.59 Å². The Labute approximate surface area is 163 Å². The topological polar surface area (TPSA) is 59.1 Å². The van der Waals surface area contributed by atoms with E-state index in [9.17, 15) is 9.59 Å². The summed E-state index contributed by atoms with van der Waals surface area (Å²) >= 11 is 5.31. The largest absolute Gasteiger partial charge is 0.444 e. The maximum atomic E-state index is 12.4. The highest BCUT2D eigenvalue weighted by atomic mass is 32.1. The third-order valence-electron chi connectivity index (χ3n) is 4.08. The molecule has 1 aliphatic rings. The minimum Gasteiger partial charge on any atom is -0.444 e. The summed E-state index contributed by atoms with van der Waals surface area (Å²) in [6.45, 7) is 1.12. The highest BCUT2D eigenvalue weighted by molar-refractivity contribution is 7.80. The number of carbonyl (C=O) groups excluding carboxylic acids is 2. The SMILES string of the molecule is O=C(OCc1ccccc1)N1CCCN(C(=O)OCc2ccccc2)C1=S. The lowest BCUT2D eigenvalue weighted by molar-refractivity contribution is 0.0934. The van der Waals surface area contributed by atoms with Gasteiger partial charge in [-0.15, -0.1) is 0 Å². The van der Waals surface area contributed by atoms with Crippen LogP contribution in [-0.4, -0.2) is 40.2 Å². The average molecular weight is 384 g/mol. The van der Waals surface area contributed by atoms with Gasteiger partial charge < -0.3 is 9.47 Å². The molecule has 2 amide bonds. The molecule has 3 rings (SSSR count). The highest BCUT2D eigenvalue weighted by Gasteiger charge is 2.32. The summed E-state index contributed by atoms with van der Waals surface area (Å²) in [6, 6.07) is 18.8. The van der Waals surface area contributed by atoms with Crippen molar-refractivity contribution in [3.8, 4) is 0 Å². The van der Waals surface area contributed by atoms with Crippen molar-refractivity contribution in [1.82, 2.24) is 9.80 Å². The van der Waals surface area contributed by atoms with Gasteiger partial charge in [0, 0.05) is 13.1 Å². The van der Waals surface area contributed by atoms with E-state index in [1.165, 1.54) is 9.80 Å². The van der Waals surface area contributed by atoms with Gasteiger partial charge in [-0.25, -0.2) is 9.59 Å². The molecule has 140 valence electrons. The predicted molar refractivity (Wildman–Crippen MR) is 104 cm³/mol. The van der Waals surface area contributed by atoms with Gasteiger partial charge in [-0.2, -0.15) is 0 Å². The smallest absolute Gasteiger partial charge is 0.416 e. The Morgan fingerprint density at radius 2 is 1.19 bits per heavy atom. The van der Waals surface area contributed by atoms with Crippen molar-refractivity contribution in [1.29, 1.82) is 0 Å². The molecule has 27 heavy (non-hydrogen) atoms. The fourth-order valence-electron chi connectivity index (χ4n) is 2.66. The van der Waals surface area contributed by atoms with Crippen LogP contribution in [0, 0.1) is 0 Å². The summed E-state index contributed by atoms with van der Waals surface area (Å²) in [7, 11) is 0. The van der Waals surface area contributed by atoms with Crippen LogP contribution in [0.5, 0.6) is 0 Å². The summed E-state index contributed by atoms with van der Waals surface area (Å²) < 4.78 is 10.6. The van der Waals surface area contributed by atoms with E-state index in [4.69, 9.17) is 21.7 Å². The third kappa shape index (κ3) is 5.04. The summed E-state index contributed by atoms with van der Waals surface area (Å²) in [5.74, 6) is 0. The molecule has 0 aliphatic carbocycles. The molecule has 7 heteroatoms. The zero-order chi connectivity index (χ0) is 19.1.